The number of nitrogens with zero attached hydrogens (tertiary/aromatic N) is 2. The number of hydrogen-bond donors (Lipinski definition) is 2. The lowest BCUT2D eigenvalue weighted by Gasteiger charge is -2.42. The number of hydrogen-bond acceptors (Lipinski definition) is 5. The van der Waals surface area contributed by atoms with Crippen molar-refractivity contribution in [1.29, 1.82) is 0 Å². The third-order valence-electron chi connectivity index (χ3n) is 8.31. The Balaban J connectivity index is 1.28. The van der Waals surface area contributed by atoms with Crippen molar-refractivity contribution in [2.75, 3.05) is 11.9 Å². The number of nitrogens with one attached hydrogen (secondary N) is 2. The fourth-order valence-corrected chi connectivity index (χ4v) is 6.25. The van der Waals surface area contributed by atoms with Gasteiger partial charge in [0.15, 0.2) is 0 Å². The van der Waals surface area contributed by atoms with Gasteiger partial charge in [-0.15, -0.1) is 0 Å². The Bertz CT molecular complexity index is 1010. The van der Waals surface area contributed by atoms with Crippen LogP contribution in [0.3, 0.4) is 0 Å². The molecule has 4 aliphatic rings. The molecule has 2 aliphatic heterocycles. The normalized spacial score (nSPS) is 29.2. The van der Waals surface area contributed by atoms with E-state index in [4.69, 9.17) is 0 Å². The zero-order valence-corrected chi connectivity index (χ0v) is 20.2. The number of anilines is 1. The predicted molar refractivity (Wildman–Crippen MR) is 127 cm³/mol. The first-order valence-electron chi connectivity index (χ1n) is 12.9. The van der Waals surface area contributed by atoms with Gasteiger partial charge in [0, 0.05) is 62.2 Å². The van der Waals surface area contributed by atoms with Gasteiger partial charge in [-0.25, -0.2) is 8.78 Å². The summed E-state index contributed by atoms with van der Waals surface area (Å²) < 4.78 is 27.2. The average Bonchev–Trinajstić information content (AvgIpc) is 3.16. The standard InChI is InChI=1S/C26H34F2N4O3/c1-31(21-5-3-2-4-20(21)29-17-10-12-26(27,28)13-11-17)18-6-7-19-16(14-18)15-32(25(19)35)22-8-9-23(33)30-24(22)34/h6-7,14,17,20-22,29H,2-5,8-13,15H2,1H3,(H,30,33,34)/t20-,21-,22?/m1/s1. The molecule has 9 heteroatoms. The number of likely N-dealkylation sites (N-methyl/N-ethyl adjacent to an activating group) is 1. The number of alkyl halides is 2. The smallest absolute Gasteiger partial charge is 0.255 e. The summed E-state index contributed by atoms with van der Waals surface area (Å²) >= 11 is 0. The largest absolute Gasteiger partial charge is 0.370 e. The van der Waals surface area contributed by atoms with Crippen molar-refractivity contribution < 1.29 is 23.2 Å². The summed E-state index contributed by atoms with van der Waals surface area (Å²) in [5, 5.41) is 6.05. The summed E-state index contributed by atoms with van der Waals surface area (Å²) in [6.45, 7) is 0.352. The minimum Gasteiger partial charge on any atom is -0.370 e. The van der Waals surface area contributed by atoms with Crippen molar-refractivity contribution in [3.8, 4) is 0 Å². The van der Waals surface area contributed by atoms with Crippen LogP contribution >= 0.6 is 0 Å². The van der Waals surface area contributed by atoms with E-state index in [2.05, 4.69) is 22.6 Å². The minimum absolute atomic E-state index is 0.0412. The first kappa shape index (κ1) is 24.2. The maximum absolute atomic E-state index is 13.6. The highest BCUT2D eigenvalue weighted by Gasteiger charge is 2.40. The lowest BCUT2D eigenvalue weighted by molar-refractivity contribution is -0.136. The number of fused-ring (bicyclic) bond motifs is 1. The van der Waals surface area contributed by atoms with Crippen LogP contribution in [0.5, 0.6) is 0 Å². The van der Waals surface area contributed by atoms with E-state index in [1.54, 1.807) is 4.90 Å². The lowest BCUT2D eigenvalue weighted by atomic mass is 9.86. The zero-order valence-electron chi connectivity index (χ0n) is 20.2. The molecule has 0 aromatic heterocycles. The summed E-state index contributed by atoms with van der Waals surface area (Å²) in [6, 6.07) is 5.82. The molecule has 0 bridgehead atoms. The Hall–Kier alpha value is -2.55. The number of carbonyl (C=O) groups excluding carboxylic acids is 3. The molecule has 2 aliphatic carbocycles. The highest BCUT2D eigenvalue weighted by Crippen LogP contribution is 2.36. The maximum atomic E-state index is 13.6. The van der Waals surface area contributed by atoms with Crippen molar-refractivity contribution in [1.82, 2.24) is 15.5 Å². The molecular formula is C26H34F2N4O3. The van der Waals surface area contributed by atoms with Crippen molar-refractivity contribution in [3.63, 3.8) is 0 Å². The first-order valence-corrected chi connectivity index (χ1v) is 12.9. The fourth-order valence-electron chi connectivity index (χ4n) is 6.25. The number of rotatable bonds is 5. The Morgan fingerprint density at radius 3 is 2.54 bits per heavy atom. The van der Waals surface area contributed by atoms with Gasteiger partial charge in [0.2, 0.25) is 17.7 Å². The number of benzene rings is 1. The summed E-state index contributed by atoms with van der Waals surface area (Å²) in [4.78, 5) is 40.7. The predicted octanol–water partition coefficient (Wildman–Crippen LogP) is 3.36. The van der Waals surface area contributed by atoms with Crippen molar-refractivity contribution in [2.45, 2.75) is 101 Å². The van der Waals surface area contributed by atoms with Crippen LogP contribution in [0.4, 0.5) is 14.5 Å². The molecule has 35 heavy (non-hydrogen) atoms. The van der Waals surface area contributed by atoms with Crippen LogP contribution in [-0.2, 0) is 16.1 Å². The second kappa shape index (κ2) is 9.48. The molecule has 3 fully saturated rings. The fraction of sp³-hybridized carbons (Fsp3) is 0.654. The van der Waals surface area contributed by atoms with Crippen LogP contribution in [0.1, 0.15) is 80.1 Å². The van der Waals surface area contributed by atoms with Gasteiger partial charge in [-0.1, -0.05) is 12.8 Å². The topological polar surface area (TPSA) is 81.8 Å². The molecule has 2 N–H and O–H groups in total. The van der Waals surface area contributed by atoms with Crippen LogP contribution in [0.15, 0.2) is 18.2 Å². The molecule has 3 amide bonds. The molecule has 2 saturated carbocycles. The Kier molecular flexibility index (Phi) is 6.55. The number of amides is 3. The molecule has 3 atom stereocenters. The highest BCUT2D eigenvalue weighted by atomic mass is 19.3. The van der Waals surface area contributed by atoms with E-state index in [0.717, 1.165) is 36.9 Å². The van der Waals surface area contributed by atoms with Gasteiger partial charge in [0.05, 0.1) is 0 Å². The summed E-state index contributed by atoms with van der Waals surface area (Å²) in [6.07, 6.45) is 5.82. The van der Waals surface area contributed by atoms with Crippen molar-refractivity contribution >= 4 is 23.4 Å². The molecule has 1 aromatic carbocycles. The van der Waals surface area contributed by atoms with Gasteiger partial charge >= 0.3 is 0 Å². The van der Waals surface area contributed by atoms with Crippen LogP contribution in [0.25, 0.3) is 0 Å². The van der Waals surface area contributed by atoms with Crippen LogP contribution in [0.2, 0.25) is 0 Å². The van der Waals surface area contributed by atoms with Gasteiger partial charge < -0.3 is 15.1 Å². The van der Waals surface area contributed by atoms with Gasteiger partial charge in [-0.3, -0.25) is 19.7 Å². The van der Waals surface area contributed by atoms with Gasteiger partial charge in [0.1, 0.15) is 6.04 Å². The van der Waals surface area contributed by atoms with E-state index in [0.29, 0.717) is 31.4 Å². The molecule has 2 heterocycles. The Morgan fingerprint density at radius 2 is 1.80 bits per heavy atom. The zero-order chi connectivity index (χ0) is 24.7. The number of halogens is 2. The molecule has 1 saturated heterocycles. The molecule has 190 valence electrons. The Labute approximate surface area is 204 Å². The van der Waals surface area contributed by atoms with E-state index in [-0.39, 0.29) is 49.2 Å². The van der Waals surface area contributed by atoms with Gasteiger partial charge in [-0.2, -0.15) is 0 Å². The first-order chi connectivity index (χ1) is 16.7. The second-order valence-corrected chi connectivity index (χ2v) is 10.6. The van der Waals surface area contributed by atoms with E-state index in [1.807, 2.05) is 18.2 Å². The average molecular weight is 489 g/mol. The van der Waals surface area contributed by atoms with Crippen LogP contribution < -0.4 is 15.5 Å². The summed E-state index contributed by atoms with van der Waals surface area (Å²) in [5.41, 5.74) is 2.50. The summed E-state index contributed by atoms with van der Waals surface area (Å²) in [5.74, 6) is -3.40. The van der Waals surface area contributed by atoms with Crippen molar-refractivity contribution in [2.24, 2.45) is 0 Å². The molecule has 1 aromatic rings. The van der Waals surface area contributed by atoms with Gasteiger partial charge in [0.25, 0.3) is 5.91 Å². The van der Waals surface area contributed by atoms with Gasteiger partial charge in [-0.05, 0) is 55.9 Å². The maximum Gasteiger partial charge on any atom is 0.255 e. The number of piperidine rings is 1. The van der Waals surface area contributed by atoms with E-state index in [1.165, 1.54) is 0 Å². The molecule has 7 nitrogen and oxygen atoms in total. The monoisotopic (exact) mass is 488 g/mol. The van der Waals surface area contributed by atoms with Crippen LogP contribution in [0, 0.1) is 0 Å². The molecule has 1 unspecified atom stereocenters. The van der Waals surface area contributed by atoms with Crippen LogP contribution in [-0.4, -0.2) is 59.8 Å². The van der Waals surface area contributed by atoms with E-state index in [9.17, 15) is 23.2 Å². The molecule has 0 radical (unpaired) electrons. The summed E-state index contributed by atoms with van der Waals surface area (Å²) in [7, 11) is 2.07. The number of carbonyl (C=O) groups is 3. The third-order valence-corrected chi connectivity index (χ3v) is 8.31. The molecule has 0 spiro atoms. The van der Waals surface area contributed by atoms with E-state index < -0.39 is 17.9 Å². The molecular weight excluding hydrogens is 454 g/mol. The highest BCUT2D eigenvalue weighted by molar-refractivity contribution is 6.05. The third kappa shape index (κ3) is 4.92. The second-order valence-electron chi connectivity index (χ2n) is 10.6. The number of imide groups is 1. The quantitative estimate of drug-likeness (QED) is 0.622. The van der Waals surface area contributed by atoms with Crippen molar-refractivity contribution in [3.05, 3.63) is 29.3 Å². The van der Waals surface area contributed by atoms with E-state index >= 15 is 0 Å². The molecule has 5 rings (SSSR count). The minimum atomic E-state index is -2.52. The SMILES string of the molecule is CN(c1ccc2c(c1)CN(C1CCC(=O)NC1=O)C2=O)[C@@H]1CCCC[C@H]1NC1CCC(F)(F)CC1. The Morgan fingerprint density at radius 1 is 1.06 bits per heavy atom. The lowest BCUT2D eigenvalue weighted by Crippen LogP contribution is -2.54.